The predicted octanol–water partition coefficient (Wildman–Crippen LogP) is 0.935. The lowest BCUT2D eigenvalue weighted by atomic mass is 9.75. The molecule has 1 atom stereocenters. The highest BCUT2D eigenvalue weighted by atomic mass is 16.5. The molecular weight excluding hydrogens is 310 g/mol. The zero-order valence-corrected chi connectivity index (χ0v) is 14.1. The molecule has 0 spiro atoms. The molecule has 1 aromatic rings. The molecule has 7 heteroatoms. The topological polar surface area (TPSA) is 101 Å². The van der Waals surface area contributed by atoms with Crippen LogP contribution in [0.5, 0.6) is 5.88 Å². The monoisotopic (exact) mass is 335 g/mol. The van der Waals surface area contributed by atoms with Gasteiger partial charge in [-0.05, 0) is 30.7 Å². The second-order valence-electron chi connectivity index (χ2n) is 6.15. The Bertz CT molecular complexity index is 555. The van der Waals surface area contributed by atoms with Crippen molar-refractivity contribution in [2.75, 3.05) is 13.7 Å². The van der Waals surface area contributed by atoms with Gasteiger partial charge in [-0.1, -0.05) is 6.07 Å². The van der Waals surface area contributed by atoms with E-state index in [1.165, 1.54) is 6.92 Å². The summed E-state index contributed by atoms with van der Waals surface area (Å²) in [7, 11) is 1.55. The predicted molar refractivity (Wildman–Crippen MR) is 88.3 cm³/mol. The van der Waals surface area contributed by atoms with Crippen LogP contribution in [0.2, 0.25) is 0 Å². The van der Waals surface area contributed by atoms with E-state index in [0.29, 0.717) is 38.1 Å². The zero-order chi connectivity index (χ0) is 17.5. The summed E-state index contributed by atoms with van der Waals surface area (Å²) in [6.07, 6.45) is 3.68. The first-order valence-corrected chi connectivity index (χ1v) is 8.21. The highest BCUT2D eigenvalue weighted by molar-refractivity contribution is 5.76. The number of rotatable bonds is 8. The van der Waals surface area contributed by atoms with Gasteiger partial charge >= 0.3 is 0 Å². The van der Waals surface area contributed by atoms with Crippen molar-refractivity contribution >= 4 is 11.8 Å². The molecule has 1 fully saturated rings. The lowest BCUT2D eigenvalue weighted by Gasteiger charge is -2.38. The minimum atomic E-state index is -0.291. The molecule has 0 radical (unpaired) electrons. The molecule has 7 nitrogen and oxygen atoms in total. The van der Waals surface area contributed by atoms with Crippen LogP contribution in [0.4, 0.5) is 0 Å². The molecule has 1 aromatic heterocycles. The fourth-order valence-corrected chi connectivity index (χ4v) is 2.83. The molecule has 3 N–H and O–H groups in total. The lowest BCUT2D eigenvalue weighted by Crippen LogP contribution is -2.41. The number of pyridine rings is 1. The fourth-order valence-electron chi connectivity index (χ4n) is 2.83. The average molecular weight is 335 g/mol. The molecule has 0 aliphatic heterocycles. The van der Waals surface area contributed by atoms with Crippen LogP contribution in [0.25, 0.3) is 0 Å². The Balaban J connectivity index is 1.93. The molecular formula is C17H25N3O4. The molecule has 0 saturated heterocycles. The number of hydrogen-bond donors (Lipinski definition) is 3. The highest BCUT2D eigenvalue weighted by Crippen LogP contribution is 2.38. The molecule has 1 aliphatic carbocycles. The van der Waals surface area contributed by atoms with E-state index in [1.807, 2.05) is 6.07 Å². The third-order valence-corrected chi connectivity index (χ3v) is 4.22. The standard InChI is InChI=1S/C17H25N3O4/c1-11(21)18-7-3-4-15(23)20-17(13-8-14(22)9-13)12-5-6-16(24-2)19-10-12/h5-6,10,13-14,17,22H,3-4,7-9H2,1-2H3,(H,18,21)(H,20,23)/t13?,14?,17-/m0/s1. The van der Waals surface area contributed by atoms with Gasteiger partial charge in [-0.2, -0.15) is 0 Å². The summed E-state index contributed by atoms with van der Waals surface area (Å²) < 4.78 is 5.06. The molecule has 1 aliphatic rings. The number of aliphatic hydroxyl groups is 1. The molecule has 1 heterocycles. The second-order valence-corrected chi connectivity index (χ2v) is 6.15. The van der Waals surface area contributed by atoms with Crippen LogP contribution in [-0.4, -0.2) is 41.7 Å². The molecule has 24 heavy (non-hydrogen) atoms. The van der Waals surface area contributed by atoms with Gasteiger partial charge in [0, 0.05) is 32.2 Å². The number of hydrogen-bond acceptors (Lipinski definition) is 5. The maximum absolute atomic E-state index is 12.2. The van der Waals surface area contributed by atoms with Crippen molar-refractivity contribution < 1.29 is 19.4 Å². The molecule has 0 aromatic carbocycles. The number of nitrogens with one attached hydrogen (secondary N) is 2. The van der Waals surface area contributed by atoms with E-state index in [4.69, 9.17) is 4.74 Å². The molecule has 2 rings (SSSR count). The largest absolute Gasteiger partial charge is 0.481 e. The average Bonchev–Trinajstić information content (AvgIpc) is 2.54. The molecule has 2 amide bonds. The van der Waals surface area contributed by atoms with E-state index >= 15 is 0 Å². The second kappa shape index (κ2) is 8.63. The first kappa shape index (κ1) is 18.2. The number of amides is 2. The number of ether oxygens (including phenoxy) is 1. The smallest absolute Gasteiger partial charge is 0.220 e. The van der Waals surface area contributed by atoms with Crippen LogP contribution < -0.4 is 15.4 Å². The van der Waals surface area contributed by atoms with Crippen LogP contribution in [0, 0.1) is 5.92 Å². The first-order chi connectivity index (χ1) is 11.5. The minimum absolute atomic E-state index is 0.0671. The number of aliphatic hydroxyl groups excluding tert-OH is 1. The molecule has 0 unspecified atom stereocenters. The van der Waals surface area contributed by atoms with Gasteiger partial charge in [-0.15, -0.1) is 0 Å². The van der Waals surface area contributed by atoms with Crippen molar-refractivity contribution in [3.63, 3.8) is 0 Å². The fraction of sp³-hybridized carbons (Fsp3) is 0.588. The van der Waals surface area contributed by atoms with Gasteiger partial charge in [-0.3, -0.25) is 9.59 Å². The minimum Gasteiger partial charge on any atom is -0.481 e. The Morgan fingerprint density at radius 3 is 2.71 bits per heavy atom. The molecule has 132 valence electrons. The van der Waals surface area contributed by atoms with E-state index in [0.717, 1.165) is 5.56 Å². The number of carbonyl (C=O) groups is 2. The number of nitrogens with zero attached hydrogens (tertiary/aromatic N) is 1. The van der Waals surface area contributed by atoms with Crippen molar-refractivity contribution in [1.29, 1.82) is 0 Å². The molecule has 0 bridgehead atoms. The Kier molecular flexibility index (Phi) is 6.54. The van der Waals surface area contributed by atoms with Gasteiger partial charge in [0.15, 0.2) is 0 Å². The summed E-state index contributed by atoms with van der Waals surface area (Å²) in [6, 6.07) is 3.49. The molecule has 1 saturated carbocycles. The summed E-state index contributed by atoms with van der Waals surface area (Å²) in [5, 5.41) is 15.3. The van der Waals surface area contributed by atoms with Gasteiger partial charge in [0.2, 0.25) is 17.7 Å². The SMILES string of the molecule is COc1ccc([C@H](NC(=O)CCCNC(C)=O)C2CC(O)C2)cn1. The van der Waals surface area contributed by atoms with E-state index < -0.39 is 0 Å². The van der Waals surface area contributed by atoms with Gasteiger partial charge in [0.25, 0.3) is 0 Å². The van der Waals surface area contributed by atoms with Gasteiger partial charge < -0.3 is 20.5 Å². The zero-order valence-electron chi connectivity index (χ0n) is 14.1. The lowest BCUT2D eigenvalue weighted by molar-refractivity contribution is -0.123. The van der Waals surface area contributed by atoms with E-state index in [9.17, 15) is 14.7 Å². The van der Waals surface area contributed by atoms with Crippen molar-refractivity contribution in [2.24, 2.45) is 5.92 Å². The van der Waals surface area contributed by atoms with Crippen LogP contribution in [0.3, 0.4) is 0 Å². The summed E-state index contributed by atoms with van der Waals surface area (Å²) in [5.41, 5.74) is 0.905. The normalized spacial score (nSPS) is 20.6. The number of carbonyl (C=O) groups excluding carboxylic acids is 2. The van der Waals surface area contributed by atoms with E-state index in [1.54, 1.807) is 19.4 Å². The summed E-state index contributed by atoms with van der Waals surface area (Å²) in [4.78, 5) is 27.2. The van der Waals surface area contributed by atoms with Crippen molar-refractivity contribution in [1.82, 2.24) is 15.6 Å². The van der Waals surface area contributed by atoms with Crippen LogP contribution >= 0.6 is 0 Å². The first-order valence-electron chi connectivity index (χ1n) is 8.21. The van der Waals surface area contributed by atoms with Crippen molar-refractivity contribution in [3.05, 3.63) is 23.9 Å². The number of aromatic nitrogens is 1. The Morgan fingerprint density at radius 1 is 1.42 bits per heavy atom. The number of methoxy groups -OCH3 is 1. The maximum atomic E-state index is 12.2. The van der Waals surface area contributed by atoms with E-state index in [-0.39, 0.29) is 29.9 Å². The van der Waals surface area contributed by atoms with Crippen molar-refractivity contribution in [3.8, 4) is 5.88 Å². The third-order valence-electron chi connectivity index (χ3n) is 4.22. The van der Waals surface area contributed by atoms with Gasteiger partial charge in [0.1, 0.15) is 0 Å². The van der Waals surface area contributed by atoms with E-state index in [2.05, 4.69) is 15.6 Å². The van der Waals surface area contributed by atoms with Crippen LogP contribution in [-0.2, 0) is 9.59 Å². The van der Waals surface area contributed by atoms with Crippen LogP contribution in [0.1, 0.15) is 44.2 Å². The summed E-state index contributed by atoms with van der Waals surface area (Å²) in [5.74, 6) is 0.561. The Morgan fingerprint density at radius 2 is 2.17 bits per heavy atom. The van der Waals surface area contributed by atoms with Gasteiger partial charge in [-0.25, -0.2) is 4.98 Å². The van der Waals surface area contributed by atoms with Gasteiger partial charge in [0.05, 0.1) is 19.3 Å². The quantitative estimate of drug-likeness (QED) is 0.614. The summed E-state index contributed by atoms with van der Waals surface area (Å²) >= 11 is 0. The highest BCUT2D eigenvalue weighted by Gasteiger charge is 2.35. The van der Waals surface area contributed by atoms with Crippen LogP contribution in [0.15, 0.2) is 18.3 Å². The summed E-state index contributed by atoms with van der Waals surface area (Å²) in [6.45, 7) is 1.94. The maximum Gasteiger partial charge on any atom is 0.220 e. The third kappa shape index (κ3) is 5.19. The Hall–Kier alpha value is -2.15. The van der Waals surface area contributed by atoms with Crippen molar-refractivity contribution in [2.45, 2.75) is 44.8 Å². The Labute approximate surface area is 141 Å².